The van der Waals surface area contributed by atoms with Crippen molar-refractivity contribution in [2.45, 2.75) is 19.3 Å². The summed E-state index contributed by atoms with van der Waals surface area (Å²) in [5.41, 5.74) is 17.4. The molecule has 2 amide bonds. The zero-order valence-electron chi connectivity index (χ0n) is 10.1. The lowest BCUT2D eigenvalue weighted by Crippen LogP contribution is -2.15. The van der Waals surface area contributed by atoms with Crippen LogP contribution in [0.3, 0.4) is 0 Å². The van der Waals surface area contributed by atoms with Crippen molar-refractivity contribution in [3.05, 3.63) is 23.8 Å². The van der Waals surface area contributed by atoms with Crippen LogP contribution in [0.1, 0.15) is 29.6 Å². The zero-order chi connectivity index (χ0) is 13.5. The van der Waals surface area contributed by atoms with E-state index >= 15 is 0 Å². The first-order valence-corrected chi connectivity index (χ1v) is 5.73. The Labute approximate surface area is 106 Å². The smallest absolute Gasteiger partial charge is 0.250 e. The maximum absolute atomic E-state index is 11.1. The minimum Gasteiger partial charge on any atom is -0.396 e. The van der Waals surface area contributed by atoms with Gasteiger partial charge in [0.15, 0.2) is 0 Å². The number of hydrogen-bond acceptors (Lipinski definition) is 4. The summed E-state index contributed by atoms with van der Waals surface area (Å²) in [5.74, 6) is -0.852. The number of hydrogen-bond donors (Lipinski definition) is 4. The molecule has 0 aliphatic heterocycles. The minimum absolute atomic E-state index is 0.301. The number of carbonyl (C=O) groups is 2. The molecule has 98 valence electrons. The third kappa shape index (κ3) is 3.97. The maximum Gasteiger partial charge on any atom is 0.250 e. The van der Waals surface area contributed by atoms with Crippen LogP contribution in [0.4, 0.5) is 11.4 Å². The van der Waals surface area contributed by atoms with Crippen molar-refractivity contribution in [2.24, 2.45) is 11.5 Å². The summed E-state index contributed by atoms with van der Waals surface area (Å²) in [6.45, 7) is 0.652. The highest BCUT2D eigenvalue weighted by Crippen LogP contribution is 2.22. The molecule has 0 aliphatic rings. The lowest BCUT2D eigenvalue weighted by atomic mass is 10.1. The van der Waals surface area contributed by atoms with E-state index in [9.17, 15) is 9.59 Å². The van der Waals surface area contributed by atoms with Crippen molar-refractivity contribution in [1.82, 2.24) is 0 Å². The highest BCUT2D eigenvalue weighted by molar-refractivity contribution is 6.00. The van der Waals surface area contributed by atoms with E-state index in [1.165, 1.54) is 0 Å². The van der Waals surface area contributed by atoms with Crippen LogP contribution in [-0.2, 0) is 4.79 Å². The maximum atomic E-state index is 11.1. The summed E-state index contributed by atoms with van der Waals surface area (Å²) in [7, 11) is 0. The van der Waals surface area contributed by atoms with E-state index in [-0.39, 0.29) is 5.91 Å². The average Bonchev–Trinajstić information content (AvgIpc) is 2.30. The van der Waals surface area contributed by atoms with Gasteiger partial charge in [0, 0.05) is 13.0 Å². The largest absolute Gasteiger partial charge is 0.396 e. The monoisotopic (exact) mass is 250 g/mol. The second-order valence-corrected chi connectivity index (χ2v) is 3.98. The normalized spacial score (nSPS) is 10.0. The molecular formula is C12H18N4O2. The predicted octanol–water partition coefficient (Wildman–Crippen LogP) is 0.435. The van der Waals surface area contributed by atoms with Crippen molar-refractivity contribution in [2.75, 3.05) is 17.6 Å². The lowest BCUT2D eigenvalue weighted by molar-refractivity contribution is -0.118. The lowest BCUT2D eigenvalue weighted by Gasteiger charge is -2.11. The van der Waals surface area contributed by atoms with E-state index in [0.717, 1.165) is 12.8 Å². The highest BCUT2D eigenvalue weighted by atomic mass is 16.1. The van der Waals surface area contributed by atoms with Gasteiger partial charge >= 0.3 is 0 Å². The first-order chi connectivity index (χ1) is 8.52. The molecule has 0 fully saturated rings. The Kier molecular flexibility index (Phi) is 4.98. The van der Waals surface area contributed by atoms with Gasteiger partial charge in [-0.2, -0.15) is 0 Å². The predicted molar refractivity (Wildman–Crippen MR) is 70.9 cm³/mol. The summed E-state index contributed by atoms with van der Waals surface area (Å²) < 4.78 is 0. The van der Waals surface area contributed by atoms with Gasteiger partial charge in [0.25, 0.3) is 5.91 Å². The SMILES string of the molecule is NC(=O)CCCCNc1cccc(C(N)=O)c1N. The number of anilines is 2. The summed E-state index contributed by atoms with van der Waals surface area (Å²) in [6, 6.07) is 5.06. The Morgan fingerprint density at radius 1 is 1.17 bits per heavy atom. The Bertz CT molecular complexity index is 446. The molecule has 7 N–H and O–H groups in total. The molecule has 0 saturated carbocycles. The molecule has 0 atom stereocenters. The standard InChI is InChI=1S/C12H18N4O2/c13-10(17)6-1-2-7-16-9-5-3-4-8(11(9)14)12(15)18/h3-5,16H,1-2,6-7,14H2,(H2,13,17)(H2,15,18). The summed E-state index contributed by atoms with van der Waals surface area (Å²) in [4.78, 5) is 21.6. The van der Waals surface area contributed by atoms with Crippen LogP contribution in [0.25, 0.3) is 0 Å². The molecule has 0 spiro atoms. The number of unbranched alkanes of at least 4 members (excludes halogenated alkanes) is 1. The van der Waals surface area contributed by atoms with Crippen LogP contribution in [0.2, 0.25) is 0 Å². The molecule has 18 heavy (non-hydrogen) atoms. The molecular weight excluding hydrogens is 232 g/mol. The number of para-hydroxylation sites is 1. The van der Waals surface area contributed by atoms with Crippen molar-refractivity contribution < 1.29 is 9.59 Å². The van der Waals surface area contributed by atoms with Crippen molar-refractivity contribution in [1.29, 1.82) is 0 Å². The van der Waals surface area contributed by atoms with E-state index in [1.54, 1.807) is 18.2 Å². The van der Waals surface area contributed by atoms with Crippen LogP contribution in [0, 0.1) is 0 Å². The number of carbonyl (C=O) groups excluding carboxylic acids is 2. The first kappa shape index (κ1) is 13.8. The van der Waals surface area contributed by atoms with Gasteiger partial charge in [-0.3, -0.25) is 9.59 Å². The summed E-state index contributed by atoms with van der Waals surface area (Å²) in [5, 5.41) is 3.10. The fourth-order valence-corrected chi connectivity index (χ4v) is 1.58. The average molecular weight is 250 g/mol. The van der Waals surface area contributed by atoms with Gasteiger partial charge in [0.2, 0.25) is 5.91 Å². The van der Waals surface area contributed by atoms with E-state index in [4.69, 9.17) is 17.2 Å². The van der Waals surface area contributed by atoms with Gasteiger partial charge in [0.05, 0.1) is 16.9 Å². The number of amides is 2. The first-order valence-electron chi connectivity index (χ1n) is 5.73. The third-order valence-corrected chi connectivity index (χ3v) is 2.54. The van der Waals surface area contributed by atoms with Crippen LogP contribution in [0.5, 0.6) is 0 Å². The van der Waals surface area contributed by atoms with Crippen LogP contribution < -0.4 is 22.5 Å². The zero-order valence-corrected chi connectivity index (χ0v) is 10.1. The van der Waals surface area contributed by atoms with E-state index < -0.39 is 5.91 Å². The van der Waals surface area contributed by atoms with Gasteiger partial charge in [-0.05, 0) is 25.0 Å². The van der Waals surface area contributed by atoms with Gasteiger partial charge in [0.1, 0.15) is 0 Å². The van der Waals surface area contributed by atoms with E-state index in [0.29, 0.717) is 29.9 Å². The van der Waals surface area contributed by atoms with Crippen molar-refractivity contribution >= 4 is 23.2 Å². The van der Waals surface area contributed by atoms with Crippen LogP contribution >= 0.6 is 0 Å². The van der Waals surface area contributed by atoms with Gasteiger partial charge in [-0.25, -0.2) is 0 Å². The third-order valence-electron chi connectivity index (χ3n) is 2.54. The number of primary amides is 2. The number of rotatable bonds is 7. The topological polar surface area (TPSA) is 124 Å². The minimum atomic E-state index is -0.551. The van der Waals surface area contributed by atoms with Gasteiger partial charge < -0.3 is 22.5 Å². The summed E-state index contributed by atoms with van der Waals surface area (Å²) >= 11 is 0. The molecule has 0 saturated heterocycles. The molecule has 6 nitrogen and oxygen atoms in total. The molecule has 0 heterocycles. The molecule has 0 unspecified atom stereocenters. The number of nitrogens with one attached hydrogen (secondary N) is 1. The Morgan fingerprint density at radius 2 is 1.89 bits per heavy atom. The van der Waals surface area contributed by atoms with Crippen molar-refractivity contribution in [3.8, 4) is 0 Å². The second kappa shape index (κ2) is 6.48. The molecule has 1 aromatic rings. The molecule has 0 bridgehead atoms. The van der Waals surface area contributed by atoms with Crippen LogP contribution in [0.15, 0.2) is 18.2 Å². The van der Waals surface area contributed by atoms with E-state index in [1.807, 2.05) is 0 Å². The van der Waals surface area contributed by atoms with Gasteiger partial charge in [-0.15, -0.1) is 0 Å². The second-order valence-electron chi connectivity index (χ2n) is 3.98. The number of nitrogen functional groups attached to an aromatic ring is 1. The molecule has 1 rings (SSSR count). The number of nitrogens with two attached hydrogens (primary N) is 3. The molecule has 6 heteroatoms. The quantitative estimate of drug-likeness (QED) is 0.414. The van der Waals surface area contributed by atoms with E-state index in [2.05, 4.69) is 5.32 Å². The Morgan fingerprint density at radius 3 is 2.50 bits per heavy atom. The molecule has 0 radical (unpaired) electrons. The van der Waals surface area contributed by atoms with Crippen molar-refractivity contribution in [3.63, 3.8) is 0 Å². The number of benzene rings is 1. The molecule has 0 aliphatic carbocycles. The Balaban J connectivity index is 2.50. The highest BCUT2D eigenvalue weighted by Gasteiger charge is 2.08. The summed E-state index contributed by atoms with van der Waals surface area (Å²) in [6.07, 6.45) is 1.89. The fourth-order valence-electron chi connectivity index (χ4n) is 1.58. The van der Waals surface area contributed by atoms with Gasteiger partial charge in [-0.1, -0.05) is 6.07 Å². The molecule has 1 aromatic carbocycles. The molecule has 0 aromatic heterocycles. The fraction of sp³-hybridized carbons (Fsp3) is 0.333. The van der Waals surface area contributed by atoms with Crippen LogP contribution in [-0.4, -0.2) is 18.4 Å². The Hall–Kier alpha value is -2.24.